The van der Waals surface area contributed by atoms with Crippen LogP contribution in [0, 0.1) is 5.92 Å². The first kappa shape index (κ1) is 28.2. The molecule has 3 amide bonds. The van der Waals surface area contributed by atoms with E-state index in [1.165, 1.54) is 17.0 Å². The summed E-state index contributed by atoms with van der Waals surface area (Å²) < 4.78 is 31.8. The Kier molecular flexibility index (Phi) is 9.31. The van der Waals surface area contributed by atoms with E-state index in [0.29, 0.717) is 18.7 Å². The van der Waals surface area contributed by atoms with Crippen LogP contribution >= 0.6 is 0 Å². The van der Waals surface area contributed by atoms with Gasteiger partial charge in [-0.25, -0.2) is 12.7 Å². The van der Waals surface area contributed by atoms with E-state index in [2.05, 4.69) is 5.32 Å². The molecule has 3 rings (SSSR count). The summed E-state index contributed by atoms with van der Waals surface area (Å²) in [5.74, 6) is -0.223. The van der Waals surface area contributed by atoms with Crippen LogP contribution < -0.4 is 10.1 Å². The summed E-state index contributed by atoms with van der Waals surface area (Å²) >= 11 is 0. The summed E-state index contributed by atoms with van der Waals surface area (Å²) in [6, 6.07) is 12.7. The summed E-state index contributed by atoms with van der Waals surface area (Å²) in [7, 11) is -2.38. The molecule has 0 radical (unpaired) electrons. The van der Waals surface area contributed by atoms with Gasteiger partial charge in [-0.3, -0.25) is 14.4 Å². The molecule has 2 aromatic carbocycles. The molecule has 0 aliphatic carbocycles. The second kappa shape index (κ2) is 12.2. The van der Waals surface area contributed by atoms with Gasteiger partial charge in [-0.2, -0.15) is 0 Å². The molecule has 0 fully saturated rings. The minimum atomic E-state index is -3.94. The van der Waals surface area contributed by atoms with Crippen molar-refractivity contribution in [1.29, 1.82) is 0 Å². The number of nitrogens with one attached hydrogen (secondary N) is 1. The zero-order chi connectivity index (χ0) is 27.2. The highest BCUT2D eigenvalue weighted by molar-refractivity contribution is 7.90. The molecule has 1 aliphatic rings. The van der Waals surface area contributed by atoms with E-state index >= 15 is 0 Å². The van der Waals surface area contributed by atoms with Gasteiger partial charge in [0.05, 0.1) is 12.7 Å². The van der Waals surface area contributed by atoms with Crippen molar-refractivity contribution in [3.63, 3.8) is 0 Å². The number of rotatable bonds is 12. The van der Waals surface area contributed by atoms with E-state index in [1.54, 1.807) is 25.3 Å². The lowest BCUT2D eigenvalue weighted by molar-refractivity contribution is -0.141. The number of fused-ring (bicyclic) bond motifs is 1. The standard InChI is InChI=1S/C27H35N3O6S/c1-5-23(26(32)28-17-19(2)3)29(18-20-10-8-11-21(16-20)36-4)25(31)14-9-15-30-27(33)22-12-6-7-13-24(22)37(30,34)35/h6-8,10-13,16,19,23H,5,9,14-15,17-18H2,1-4H3,(H,28,32)/t23-/m1/s1. The number of sulfonamides is 1. The number of hydrogen-bond acceptors (Lipinski definition) is 6. The fraction of sp³-hybridized carbons (Fsp3) is 0.444. The van der Waals surface area contributed by atoms with Crippen LogP contribution in [0.2, 0.25) is 0 Å². The summed E-state index contributed by atoms with van der Waals surface area (Å²) in [6.45, 7) is 6.39. The highest BCUT2D eigenvalue weighted by atomic mass is 32.2. The Bertz CT molecular complexity index is 1240. The predicted molar refractivity (Wildman–Crippen MR) is 139 cm³/mol. The summed E-state index contributed by atoms with van der Waals surface area (Å²) in [5.41, 5.74) is 0.942. The van der Waals surface area contributed by atoms with Crippen molar-refractivity contribution >= 4 is 27.7 Å². The molecule has 2 aromatic rings. The highest BCUT2D eigenvalue weighted by Gasteiger charge is 2.40. The van der Waals surface area contributed by atoms with Crippen LogP contribution in [0.25, 0.3) is 0 Å². The zero-order valence-electron chi connectivity index (χ0n) is 21.8. The minimum absolute atomic E-state index is 0.0150. The Morgan fingerprint density at radius 1 is 1.11 bits per heavy atom. The topological polar surface area (TPSA) is 113 Å². The first-order valence-corrected chi connectivity index (χ1v) is 13.9. The van der Waals surface area contributed by atoms with Crippen LogP contribution in [-0.4, -0.2) is 61.6 Å². The summed E-state index contributed by atoms with van der Waals surface area (Å²) in [6.07, 6.45) is 0.526. The Morgan fingerprint density at radius 3 is 2.49 bits per heavy atom. The van der Waals surface area contributed by atoms with E-state index in [-0.39, 0.29) is 54.1 Å². The van der Waals surface area contributed by atoms with Crippen molar-refractivity contribution in [2.75, 3.05) is 20.2 Å². The highest BCUT2D eigenvalue weighted by Crippen LogP contribution is 2.30. The predicted octanol–water partition coefficient (Wildman–Crippen LogP) is 3.20. The molecule has 1 N–H and O–H groups in total. The molecule has 10 heteroatoms. The maximum Gasteiger partial charge on any atom is 0.269 e. The number of ether oxygens (including phenoxy) is 1. The van der Waals surface area contributed by atoms with Crippen molar-refractivity contribution < 1.29 is 27.5 Å². The van der Waals surface area contributed by atoms with Gasteiger partial charge in [0.1, 0.15) is 16.7 Å². The van der Waals surface area contributed by atoms with Gasteiger partial charge >= 0.3 is 0 Å². The smallest absolute Gasteiger partial charge is 0.269 e. The average molecular weight is 530 g/mol. The molecule has 0 spiro atoms. The normalized spacial score (nSPS) is 14.8. The molecule has 0 saturated heterocycles. The number of carbonyl (C=O) groups is 3. The third kappa shape index (κ3) is 6.49. The monoisotopic (exact) mass is 529 g/mol. The third-order valence-corrected chi connectivity index (χ3v) is 8.06. The Labute approximate surface area is 218 Å². The minimum Gasteiger partial charge on any atom is -0.497 e. The maximum atomic E-state index is 13.4. The third-order valence-electron chi connectivity index (χ3n) is 6.22. The van der Waals surface area contributed by atoms with Gasteiger partial charge in [0, 0.05) is 26.1 Å². The Balaban J connectivity index is 1.75. The molecule has 200 valence electrons. The van der Waals surface area contributed by atoms with Gasteiger partial charge < -0.3 is 15.0 Å². The van der Waals surface area contributed by atoms with Crippen molar-refractivity contribution in [2.24, 2.45) is 5.92 Å². The zero-order valence-corrected chi connectivity index (χ0v) is 22.6. The molecular formula is C27H35N3O6S. The molecule has 1 heterocycles. The van der Waals surface area contributed by atoms with Crippen LogP contribution in [0.1, 0.15) is 56.0 Å². The van der Waals surface area contributed by atoms with E-state index < -0.39 is 22.0 Å². The number of hydrogen-bond donors (Lipinski definition) is 1. The maximum absolute atomic E-state index is 13.4. The first-order valence-electron chi connectivity index (χ1n) is 12.5. The average Bonchev–Trinajstić information content (AvgIpc) is 3.07. The quantitative estimate of drug-likeness (QED) is 0.452. The van der Waals surface area contributed by atoms with Crippen LogP contribution in [0.4, 0.5) is 0 Å². The van der Waals surface area contributed by atoms with Crippen molar-refractivity contribution in [2.45, 2.75) is 57.5 Å². The van der Waals surface area contributed by atoms with E-state index in [0.717, 1.165) is 9.87 Å². The van der Waals surface area contributed by atoms with Gasteiger partial charge in [0.15, 0.2) is 0 Å². The molecule has 0 aromatic heterocycles. The first-order chi connectivity index (χ1) is 17.6. The fourth-order valence-electron chi connectivity index (χ4n) is 4.28. The Hall–Kier alpha value is -3.40. The number of nitrogens with zero attached hydrogens (tertiary/aromatic N) is 2. The molecule has 0 bridgehead atoms. The lowest BCUT2D eigenvalue weighted by Gasteiger charge is -2.31. The lowest BCUT2D eigenvalue weighted by atomic mass is 10.1. The molecule has 37 heavy (non-hydrogen) atoms. The number of amides is 3. The van der Waals surface area contributed by atoms with Gasteiger partial charge in [-0.15, -0.1) is 0 Å². The molecule has 0 unspecified atom stereocenters. The van der Waals surface area contributed by atoms with E-state index in [1.807, 2.05) is 39.0 Å². The van der Waals surface area contributed by atoms with Crippen molar-refractivity contribution in [3.8, 4) is 5.75 Å². The molecule has 0 saturated carbocycles. The Morgan fingerprint density at radius 2 is 1.84 bits per heavy atom. The SMILES string of the molecule is CC[C@H](C(=O)NCC(C)C)N(Cc1cccc(OC)c1)C(=O)CCCN1C(=O)c2ccccc2S1(=O)=O. The molecule has 9 nitrogen and oxygen atoms in total. The molecule has 1 atom stereocenters. The number of carbonyl (C=O) groups excluding carboxylic acids is 3. The van der Waals surface area contributed by atoms with Gasteiger partial charge in [0.2, 0.25) is 11.8 Å². The molecular weight excluding hydrogens is 494 g/mol. The van der Waals surface area contributed by atoms with E-state index in [9.17, 15) is 22.8 Å². The fourth-order valence-corrected chi connectivity index (χ4v) is 5.89. The van der Waals surface area contributed by atoms with Crippen LogP contribution in [0.5, 0.6) is 5.75 Å². The second-order valence-corrected chi connectivity index (χ2v) is 11.2. The van der Waals surface area contributed by atoms with Crippen molar-refractivity contribution in [3.05, 3.63) is 59.7 Å². The van der Waals surface area contributed by atoms with Gasteiger partial charge in [0.25, 0.3) is 15.9 Å². The van der Waals surface area contributed by atoms with Crippen LogP contribution in [-0.2, 0) is 26.2 Å². The second-order valence-electron chi connectivity index (χ2n) is 9.42. The number of methoxy groups -OCH3 is 1. The number of benzene rings is 2. The summed E-state index contributed by atoms with van der Waals surface area (Å²) in [4.78, 5) is 40.6. The van der Waals surface area contributed by atoms with E-state index in [4.69, 9.17) is 4.74 Å². The lowest BCUT2D eigenvalue weighted by Crippen LogP contribution is -2.49. The van der Waals surface area contributed by atoms with Gasteiger partial charge in [-0.1, -0.05) is 45.0 Å². The van der Waals surface area contributed by atoms with Crippen LogP contribution in [0.15, 0.2) is 53.4 Å². The van der Waals surface area contributed by atoms with Gasteiger partial charge in [-0.05, 0) is 48.6 Å². The van der Waals surface area contributed by atoms with Crippen LogP contribution in [0.3, 0.4) is 0 Å². The largest absolute Gasteiger partial charge is 0.497 e. The van der Waals surface area contributed by atoms with Crippen molar-refractivity contribution in [1.82, 2.24) is 14.5 Å². The molecule has 1 aliphatic heterocycles. The summed E-state index contributed by atoms with van der Waals surface area (Å²) in [5, 5.41) is 2.91.